The summed E-state index contributed by atoms with van der Waals surface area (Å²) < 4.78 is -0.734. The number of urea groups is 1. The zero-order chi connectivity index (χ0) is 15.9. The Kier molecular flexibility index (Phi) is 5.76. The second-order valence-corrected chi connectivity index (χ2v) is 5.76. The Morgan fingerprint density at radius 3 is 2.32 bits per heavy atom. The van der Waals surface area contributed by atoms with Gasteiger partial charge in [0.2, 0.25) is 0 Å². The number of alkyl halides is 1. The van der Waals surface area contributed by atoms with Gasteiger partial charge in [0, 0.05) is 11.3 Å². The first-order chi connectivity index (χ1) is 10.6. The lowest BCUT2D eigenvalue weighted by Crippen LogP contribution is -2.12. The molecule has 1 unspecified atom stereocenters. The average molecular weight is 407 g/mol. The highest BCUT2D eigenvalue weighted by atomic mass is 127. The molecular weight excluding hydrogens is 393 g/mol. The van der Waals surface area contributed by atoms with E-state index in [1.165, 1.54) is 0 Å². The van der Waals surface area contributed by atoms with E-state index in [-0.39, 0.29) is 5.78 Å². The molecule has 0 bridgehead atoms. The van der Waals surface area contributed by atoms with Gasteiger partial charge >= 0.3 is 6.03 Å². The number of benzene rings is 2. The number of Topliss-reactive ketones (excluding diaryl/α,β-unsaturated/α-hetero) is 1. The summed E-state index contributed by atoms with van der Waals surface area (Å²) in [7, 11) is 0. The van der Waals surface area contributed by atoms with Crippen LogP contribution in [0.5, 0.6) is 0 Å². The highest BCUT2D eigenvalue weighted by Crippen LogP contribution is 2.14. The number of halogens is 1. The fraction of sp³-hybridized carbons (Fsp3) is 0.125. The molecule has 0 heterocycles. The molecule has 22 heavy (non-hydrogen) atoms. The van der Waals surface area contributed by atoms with Crippen molar-refractivity contribution in [2.75, 3.05) is 5.32 Å². The first-order valence-corrected chi connectivity index (χ1v) is 7.82. The maximum atomic E-state index is 12.1. The van der Waals surface area contributed by atoms with Crippen LogP contribution in [0.1, 0.15) is 15.9 Å². The molecule has 2 rings (SSSR count). The van der Waals surface area contributed by atoms with Crippen LogP contribution < -0.4 is 5.32 Å². The van der Waals surface area contributed by atoms with Gasteiger partial charge in [-0.25, -0.2) is 4.79 Å². The van der Waals surface area contributed by atoms with Gasteiger partial charge in [0.15, 0.2) is 9.83 Å². The second-order valence-electron chi connectivity index (χ2n) is 4.58. The predicted molar refractivity (Wildman–Crippen MR) is 93.6 cm³/mol. The Morgan fingerprint density at radius 2 is 1.68 bits per heavy atom. The van der Waals surface area contributed by atoms with Crippen LogP contribution in [-0.2, 0) is 0 Å². The molecule has 6 heteroatoms. The molecule has 0 aromatic heterocycles. The Balaban J connectivity index is 1.95. The maximum absolute atomic E-state index is 12.1. The van der Waals surface area contributed by atoms with Crippen molar-refractivity contribution >= 4 is 40.1 Å². The van der Waals surface area contributed by atoms with Crippen molar-refractivity contribution in [2.24, 2.45) is 10.2 Å². The van der Waals surface area contributed by atoms with Gasteiger partial charge in [-0.3, -0.25) is 4.79 Å². The van der Waals surface area contributed by atoms with Crippen LogP contribution in [0.25, 0.3) is 0 Å². The summed E-state index contributed by atoms with van der Waals surface area (Å²) in [6, 6.07) is 15.5. The molecule has 2 aromatic rings. The van der Waals surface area contributed by atoms with E-state index in [1.807, 2.05) is 47.7 Å². The minimum Gasteiger partial charge on any atom is -0.305 e. The molecule has 2 amide bonds. The van der Waals surface area contributed by atoms with E-state index >= 15 is 0 Å². The van der Waals surface area contributed by atoms with Gasteiger partial charge in [0.1, 0.15) is 0 Å². The number of anilines is 1. The first-order valence-electron chi connectivity index (χ1n) is 6.58. The van der Waals surface area contributed by atoms with E-state index in [2.05, 4.69) is 15.5 Å². The van der Waals surface area contributed by atoms with Crippen LogP contribution in [-0.4, -0.2) is 15.9 Å². The minimum absolute atomic E-state index is 0.183. The third-order valence-corrected chi connectivity index (χ3v) is 3.64. The summed E-state index contributed by atoms with van der Waals surface area (Å²) in [6.45, 7) is 1.95. The number of para-hydroxylation sites is 1. The van der Waals surface area contributed by atoms with Crippen LogP contribution in [0.15, 0.2) is 64.8 Å². The smallest absolute Gasteiger partial charge is 0.305 e. The molecule has 0 aliphatic carbocycles. The number of ketones is 1. The van der Waals surface area contributed by atoms with Crippen molar-refractivity contribution in [1.29, 1.82) is 0 Å². The molecule has 2 aromatic carbocycles. The average Bonchev–Trinajstić information content (AvgIpc) is 2.53. The van der Waals surface area contributed by atoms with Gasteiger partial charge in [-0.15, -0.1) is 0 Å². The van der Waals surface area contributed by atoms with E-state index in [0.717, 1.165) is 5.56 Å². The highest BCUT2D eigenvalue weighted by Gasteiger charge is 2.16. The summed E-state index contributed by atoms with van der Waals surface area (Å²) in [5, 5.41) is 9.87. The van der Waals surface area contributed by atoms with Crippen LogP contribution in [0.3, 0.4) is 0 Å². The molecule has 0 fully saturated rings. The van der Waals surface area contributed by atoms with Crippen LogP contribution in [0.2, 0.25) is 0 Å². The lowest BCUT2D eigenvalue weighted by Gasteiger charge is -2.04. The Bertz CT molecular complexity index is 684. The van der Waals surface area contributed by atoms with E-state index < -0.39 is 10.1 Å². The Hall–Kier alpha value is -2.09. The zero-order valence-electron chi connectivity index (χ0n) is 11.9. The second kappa shape index (κ2) is 7.79. The van der Waals surface area contributed by atoms with Gasteiger partial charge in [0.05, 0.1) is 0 Å². The van der Waals surface area contributed by atoms with Crippen molar-refractivity contribution in [3.8, 4) is 0 Å². The third-order valence-electron chi connectivity index (χ3n) is 2.83. The summed E-state index contributed by atoms with van der Waals surface area (Å²) in [6.07, 6.45) is 0. The summed E-state index contributed by atoms with van der Waals surface area (Å²) in [5.41, 5.74) is 2.25. The van der Waals surface area contributed by atoms with Gasteiger partial charge in [-0.05, 0) is 41.6 Å². The summed E-state index contributed by atoms with van der Waals surface area (Å²) in [4.78, 5) is 23.8. The van der Waals surface area contributed by atoms with E-state index in [9.17, 15) is 9.59 Å². The first kappa shape index (κ1) is 16.3. The number of nitrogens with one attached hydrogen (secondary N) is 1. The van der Waals surface area contributed by atoms with Crippen LogP contribution in [0.4, 0.5) is 10.5 Å². The lowest BCUT2D eigenvalue weighted by atomic mass is 10.1. The number of carbonyl (C=O) groups excluding carboxylic acids is 2. The largest absolute Gasteiger partial charge is 0.363 e. The lowest BCUT2D eigenvalue weighted by molar-refractivity contribution is 0.0994. The number of amides is 2. The number of carbonyl (C=O) groups is 2. The molecule has 1 N–H and O–H groups in total. The molecule has 1 atom stereocenters. The van der Waals surface area contributed by atoms with Crippen molar-refractivity contribution in [3.63, 3.8) is 0 Å². The molecule has 5 nitrogen and oxygen atoms in total. The van der Waals surface area contributed by atoms with Crippen molar-refractivity contribution in [1.82, 2.24) is 0 Å². The molecular formula is C16H14IN3O2. The quantitative estimate of drug-likeness (QED) is 0.264. The number of rotatable bonds is 4. The molecule has 0 saturated heterocycles. The number of azo groups is 1. The van der Waals surface area contributed by atoms with Crippen LogP contribution >= 0.6 is 22.6 Å². The molecule has 0 spiro atoms. The topological polar surface area (TPSA) is 70.9 Å². The SMILES string of the molecule is Cc1ccc(C(=O)C(I)/N=N/C(=O)Nc2ccccc2)cc1. The van der Waals surface area contributed by atoms with E-state index in [0.29, 0.717) is 11.3 Å². The molecule has 0 saturated carbocycles. The third kappa shape index (κ3) is 4.73. The van der Waals surface area contributed by atoms with E-state index in [4.69, 9.17) is 0 Å². The number of hydrogen-bond donors (Lipinski definition) is 1. The van der Waals surface area contributed by atoms with Gasteiger partial charge < -0.3 is 5.32 Å². The Morgan fingerprint density at radius 1 is 1.05 bits per heavy atom. The number of nitrogens with zero attached hydrogens (tertiary/aromatic N) is 2. The maximum Gasteiger partial charge on any atom is 0.363 e. The van der Waals surface area contributed by atoms with Crippen molar-refractivity contribution < 1.29 is 9.59 Å². The predicted octanol–water partition coefficient (Wildman–Crippen LogP) is 4.62. The molecule has 0 aliphatic rings. The zero-order valence-corrected chi connectivity index (χ0v) is 14.0. The number of hydrogen-bond acceptors (Lipinski definition) is 3. The standard InChI is InChI=1S/C16H14IN3O2/c1-11-7-9-12(10-8-11)14(21)15(17)19-20-16(22)18-13-5-3-2-4-6-13/h2-10,15H,1H3,(H,18,22)/b20-19+. The van der Waals surface area contributed by atoms with Crippen LogP contribution in [0, 0.1) is 6.92 Å². The molecule has 0 aliphatic heterocycles. The fourth-order valence-corrected chi connectivity index (χ4v) is 2.17. The minimum atomic E-state index is -0.734. The Labute approximate surface area is 142 Å². The molecule has 112 valence electrons. The normalized spacial score (nSPS) is 12.1. The fourth-order valence-electron chi connectivity index (χ4n) is 1.68. The van der Waals surface area contributed by atoms with E-state index in [1.54, 1.807) is 36.4 Å². The molecule has 0 radical (unpaired) electrons. The van der Waals surface area contributed by atoms with Crippen molar-refractivity contribution in [3.05, 3.63) is 65.7 Å². The number of aryl methyl sites for hydroxylation is 1. The summed E-state index contributed by atoms with van der Waals surface area (Å²) >= 11 is 1.85. The van der Waals surface area contributed by atoms with Gasteiger partial charge in [-0.2, -0.15) is 5.11 Å². The van der Waals surface area contributed by atoms with Gasteiger partial charge in [0.25, 0.3) is 0 Å². The summed E-state index contributed by atoms with van der Waals surface area (Å²) in [5.74, 6) is -0.183. The monoisotopic (exact) mass is 407 g/mol. The highest BCUT2D eigenvalue weighted by molar-refractivity contribution is 14.1. The van der Waals surface area contributed by atoms with Crippen molar-refractivity contribution in [2.45, 2.75) is 11.0 Å². The van der Waals surface area contributed by atoms with Gasteiger partial charge in [-0.1, -0.05) is 53.1 Å².